The van der Waals surface area contributed by atoms with Gasteiger partial charge < -0.3 is 14.6 Å². The Labute approximate surface area is 74.5 Å². The van der Waals surface area contributed by atoms with E-state index in [-0.39, 0.29) is 11.5 Å². The molecule has 13 heavy (non-hydrogen) atoms. The van der Waals surface area contributed by atoms with Crippen molar-refractivity contribution in [1.82, 2.24) is 0 Å². The number of furan rings is 1. The molecular formula is C10H8O3. The van der Waals surface area contributed by atoms with Crippen molar-refractivity contribution >= 4 is 17.0 Å². The van der Waals surface area contributed by atoms with E-state index < -0.39 is 0 Å². The fraction of sp³-hybridized carbons (Fsp3) is 0. The molecule has 0 bridgehead atoms. The molecule has 1 heterocycles. The highest BCUT2D eigenvalue weighted by molar-refractivity contribution is 5.89. The first-order valence-electron chi connectivity index (χ1n) is 3.78. The predicted molar refractivity (Wildman–Crippen MR) is 49.6 cm³/mol. The van der Waals surface area contributed by atoms with Crippen LogP contribution in [-0.4, -0.2) is 10.2 Å². The largest absolute Gasteiger partial charge is 0.504 e. The zero-order valence-electron chi connectivity index (χ0n) is 6.82. The molecule has 3 nitrogen and oxygen atoms in total. The highest BCUT2D eigenvalue weighted by Crippen LogP contribution is 2.37. The third-order valence-corrected chi connectivity index (χ3v) is 1.94. The van der Waals surface area contributed by atoms with Crippen LogP contribution in [0.2, 0.25) is 0 Å². The number of phenolic OH excluding ortho intramolecular Hbond substituents is 2. The molecule has 0 spiro atoms. The van der Waals surface area contributed by atoms with Gasteiger partial charge in [0, 0.05) is 10.9 Å². The summed E-state index contributed by atoms with van der Waals surface area (Å²) in [6.45, 7) is 3.52. The fourth-order valence-corrected chi connectivity index (χ4v) is 1.26. The molecule has 0 saturated heterocycles. The van der Waals surface area contributed by atoms with Gasteiger partial charge in [-0.05, 0) is 12.1 Å². The monoisotopic (exact) mass is 176 g/mol. The maximum atomic E-state index is 9.47. The lowest BCUT2D eigenvalue weighted by Gasteiger charge is -2.01. The fourth-order valence-electron chi connectivity index (χ4n) is 1.26. The summed E-state index contributed by atoms with van der Waals surface area (Å²) in [7, 11) is 0. The molecule has 2 aromatic rings. The smallest absolute Gasteiger partial charge is 0.202 e. The molecule has 0 amide bonds. The molecule has 2 rings (SSSR count). The molecule has 66 valence electrons. The highest BCUT2D eigenvalue weighted by atomic mass is 16.4. The maximum Gasteiger partial charge on any atom is 0.202 e. The highest BCUT2D eigenvalue weighted by Gasteiger charge is 2.11. The van der Waals surface area contributed by atoms with Gasteiger partial charge in [0.15, 0.2) is 11.3 Å². The topological polar surface area (TPSA) is 53.6 Å². The number of fused-ring (bicyclic) bond motifs is 1. The van der Waals surface area contributed by atoms with Crippen molar-refractivity contribution in [3.05, 3.63) is 30.5 Å². The van der Waals surface area contributed by atoms with Gasteiger partial charge in [0.05, 0.1) is 6.26 Å². The van der Waals surface area contributed by atoms with Crippen LogP contribution < -0.4 is 0 Å². The predicted octanol–water partition coefficient (Wildman–Crippen LogP) is 2.49. The van der Waals surface area contributed by atoms with Crippen molar-refractivity contribution < 1.29 is 14.6 Å². The summed E-state index contributed by atoms with van der Waals surface area (Å²) < 4.78 is 4.98. The quantitative estimate of drug-likeness (QED) is 0.656. The summed E-state index contributed by atoms with van der Waals surface area (Å²) in [5, 5.41) is 19.6. The van der Waals surface area contributed by atoms with Crippen molar-refractivity contribution in [2.75, 3.05) is 0 Å². The average Bonchev–Trinajstić information content (AvgIpc) is 2.59. The number of hydrogen-bond donors (Lipinski definition) is 2. The summed E-state index contributed by atoms with van der Waals surface area (Å²) in [6, 6.07) is 3.41. The third-order valence-electron chi connectivity index (χ3n) is 1.94. The van der Waals surface area contributed by atoms with Gasteiger partial charge >= 0.3 is 0 Å². The molecule has 0 fully saturated rings. The number of rotatable bonds is 1. The summed E-state index contributed by atoms with van der Waals surface area (Å²) in [4.78, 5) is 0. The molecule has 0 aliphatic carbocycles. The van der Waals surface area contributed by atoms with E-state index in [2.05, 4.69) is 6.58 Å². The van der Waals surface area contributed by atoms with Crippen LogP contribution in [-0.2, 0) is 0 Å². The Kier molecular flexibility index (Phi) is 1.52. The van der Waals surface area contributed by atoms with Crippen LogP contribution in [0.3, 0.4) is 0 Å². The lowest BCUT2D eigenvalue weighted by atomic mass is 10.1. The average molecular weight is 176 g/mol. The lowest BCUT2D eigenvalue weighted by Crippen LogP contribution is -1.76. The Morgan fingerprint density at radius 3 is 2.77 bits per heavy atom. The second-order valence-electron chi connectivity index (χ2n) is 2.71. The van der Waals surface area contributed by atoms with Crippen molar-refractivity contribution in [2.45, 2.75) is 0 Å². The number of phenols is 2. The summed E-state index contributed by atoms with van der Waals surface area (Å²) >= 11 is 0. The Morgan fingerprint density at radius 2 is 2.08 bits per heavy atom. The van der Waals surface area contributed by atoms with E-state index in [1.165, 1.54) is 12.3 Å². The van der Waals surface area contributed by atoms with Gasteiger partial charge in [-0.25, -0.2) is 0 Å². The van der Waals surface area contributed by atoms with Crippen LogP contribution in [0, 0.1) is 0 Å². The molecule has 1 aromatic carbocycles. The SMILES string of the molecule is C=Cc1cc2ccoc2c(O)c1O. The summed E-state index contributed by atoms with van der Waals surface area (Å²) in [5.41, 5.74) is 0.787. The van der Waals surface area contributed by atoms with Gasteiger partial charge in [-0.1, -0.05) is 12.7 Å². The third kappa shape index (κ3) is 0.973. The molecule has 0 aliphatic heterocycles. The maximum absolute atomic E-state index is 9.47. The lowest BCUT2D eigenvalue weighted by molar-refractivity contribution is 0.400. The first kappa shape index (κ1) is 7.73. The molecule has 1 aromatic heterocycles. The van der Waals surface area contributed by atoms with Crippen molar-refractivity contribution in [3.63, 3.8) is 0 Å². The molecular weight excluding hydrogens is 168 g/mol. The minimum absolute atomic E-state index is 0.197. The van der Waals surface area contributed by atoms with Crippen LogP contribution in [0.4, 0.5) is 0 Å². The van der Waals surface area contributed by atoms with E-state index in [0.29, 0.717) is 11.1 Å². The summed E-state index contributed by atoms with van der Waals surface area (Å²) in [5.74, 6) is -0.435. The first-order valence-corrected chi connectivity index (χ1v) is 3.78. The van der Waals surface area contributed by atoms with Gasteiger partial charge in [-0.2, -0.15) is 0 Å². The first-order chi connectivity index (χ1) is 6.24. The van der Waals surface area contributed by atoms with Gasteiger partial charge in [0.25, 0.3) is 0 Å². The van der Waals surface area contributed by atoms with Gasteiger partial charge in [0.1, 0.15) is 0 Å². The zero-order valence-corrected chi connectivity index (χ0v) is 6.82. The standard InChI is InChI=1S/C10H8O3/c1-2-6-5-7-3-4-13-10(7)9(12)8(6)11/h2-5,11-12H,1H2. The van der Waals surface area contributed by atoms with E-state index in [0.717, 1.165) is 5.39 Å². The van der Waals surface area contributed by atoms with Crippen molar-refractivity contribution in [2.24, 2.45) is 0 Å². The minimum Gasteiger partial charge on any atom is -0.504 e. The van der Waals surface area contributed by atoms with Crippen LogP contribution in [0.15, 0.2) is 29.4 Å². The Bertz CT molecular complexity index is 468. The molecule has 2 N–H and O–H groups in total. The Hall–Kier alpha value is -1.90. The molecule has 3 heteroatoms. The van der Waals surface area contributed by atoms with Gasteiger partial charge in [0.2, 0.25) is 5.75 Å². The van der Waals surface area contributed by atoms with E-state index in [9.17, 15) is 10.2 Å². The Morgan fingerprint density at radius 1 is 1.31 bits per heavy atom. The molecule has 0 atom stereocenters. The molecule has 0 saturated carbocycles. The molecule has 0 radical (unpaired) electrons. The minimum atomic E-state index is -0.239. The number of aromatic hydroxyl groups is 2. The number of benzene rings is 1. The normalized spacial score (nSPS) is 10.5. The van der Waals surface area contributed by atoms with E-state index in [1.54, 1.807) is 12.1 Å². The second kappa shape index (κ2) is 2.55. The van der Waals surface area contributed by atoms with Crippen LogP contribution in [0.1, 0.15) is 5.56 Å². The van der Waals surface area contributed by atoms with Crippen LogP contribution in [0.5, 0.6) is 11.5 Å². The van der Waals surface area contributed by atoms with E-state index >= 15 is 0 Å². The summed E-state index contributed by atoms with van der Waals surface area (Å²) in [6.07, 6.45) is 2.93. The van der Waals surface area contributed by atoms with Crippen LogP contribution in [0.25, 0.3) is 17.0 Å². The van der Waals surface area contributed by atoms with E-state index in [1.807, 2.05) is 0 Å². The number of hydrogen-bond acceptors (Lipinski definition) is 3. The van der Waals surface area contributed by atoms with Crippen molar-refractivity contribution in [1.29, 1.82) is 0 Å². The van der Waals surface area contributed by atoms with E-state index in [4.69, 9.17) is 4.42 Å². The molecule has 0 aliphatic rings. The Balaban J connectivity index is 2.91. The van der Waals surface area contributed by atoms with Gasteiger partial charge in [-0.15, -0.1) is 0 Å². The second-order valence-corrected chi connectivity index (χ2v) is 2.71. The molecule has 0 unspecified atom stereocenters. The van der Waals surface area contributed by atoms with Crippen LogP contribution >= 0.6 is 0 Å². The zero-order chi connectivity index (χ0) is 9.42. The van der Waals surface area contributed by atoms with Crippen molar-refractivity contribution in [3.8, 4) is 11.5 Å². The van der Waals surface area contributed by atoms with Gasteiger partial charge in [-0.3, -0.25) is 0 Å².